The lowest BCUT2D eigenvalue weighted by molar-refractivity contribution is 0.341. The summed E-state index contributed by atoms with van der Waals surface area (Å²) < 4.78 is 0. The number of hydrogen-bond acceptors (Lipinski definition) is 2. The van der Waals surface area contributed by atoms with Crippen molar-refractivity contribution in [2.75, 3.05) is 13.1 Å². The van der Waals surface area contributed by atoms with Crippen LogP contribution in [0.1, 0.15) is 74.1 Å². The van der Waals surface area contributed by atoms with Gasteiger partial charge in [0.1, 0.15) is 0 Å². The first-order valence-electron chi connectivity index (χ1n) is 9.36. The zero-order valence-electron chi connectivity index (χ0n) is 16.0. The van der Waals surface area contributed by atoms with Gasteiger partial charge >= 0.3 is 0 Å². The van der Waals surface area contributed by atoms with Crippen LogP contribution in [0.15, 0.2) is 9.98 Å². The van der Waals surface area contributed by atoms with Crippen LogP contribution < -0.4 is 0 Å². The first-order chi connectivity index (χ1) is 10.3. The molecule has 128 valence electrons. The van der Waals surface area contributed by atoms with Gasteiger partial charge in [0.05, 0.1) is 0 Å². The molecule has 0 N–H and O–H groups in total. The SMILES string of the molecule is CC(=NCC1CC2CCC1C2)C(C)C.CCN=C(C)C(C)C. The third-order valence-electron chi connectivity index (χ3n) is 5.54. The predicted octanol–water partition coefficient (Wildman–Crippen LogP) is 5.66. The predicted molar refractivity (Wildman–Crippen MR) is 100 cm³/mol. The summed E-state index contributed by atoms with van der Waals surface area (Å²) in [5, 5.41) is 0. The van der Waals surface area contributed by atoms with Gasteiger partial charge in [0.25, 0.3) is 0 Å². The smallest absolute Gasteiger partial charge is 0.0419 e. The van der Waals surface area contributed by atoms with Crippen LogP contribution in [0.3, 0.4) is 0 Å². The second-order valence-corrected chi connectivity index (χ2v) is 7.84. The molecule has 2 bridgehead atoms. The summed E-state index contributed by atoms with van der Waals surface area (Å²) >= 11 is 0. The van der Waals surface area contributed by atoms with Crippen LogP contribution in [0.5, 0.6) is 0 Å². The molecule has 0 amide bonds. The first-order valence-corrected chi connectivity index (χ1v) is 9.36. The number of aliphatic imine (C=N–C) groups is 2. The van der Waals surface area contributed by atoms with Gasteiger partial charge in [0, 0.05) is 24.5 Å². The summed E-state index contributed by atoms with van der Waals surface area (Å²) in [5.41, 5.74) is 2.60. The summed E-state index contributed by atoms with van der Waals surface area (Å²) in [6.45, 7) is 17.1. The van der Waals surface area contributed by atoms with Crippen LogP contribution in [0.2, 0.25) is 0 Å². The van der Waals surface area contributed by atoms with Crippen LogP contribution in [0, 0.1) is 29.6 Å². The van der Waals surface area contributed by atoms with Crippen LogP contribution >= 0.6 is 0 Å². The topological polar surface area (TPSA) is 24.7 Å². The molecule has 2 aliphatic rings. The molecule has 2 fully saturated rings. The van der Waals surface area contributed by atoms with Crippen LogP contribution in [-0.4, -0.2) is 24.5 Å². The molecule has 2 heteroatoms. The average molecular weight is 307 g/mol. The normalized spacial score (nSPS) is 28.3. The van der Waals surface area contributed by atoms with Crippen molar-refractivity contribution < 1.29 is 0 Å². The van der Waals surface area contributed by atoms with Crippen molar-refractivity contribution in [2.45, 2.75) is 74.1 Å². The molecule has 2 saturated carbocycles. The maximum atomic E-state index is 4.74. The van der Waals surface area contributed by atoms with Crippen molar-refractivity contribution in [3.63, 3.8) is 0 Å². The molecule has 0 aromatic carbocycles. The molecule has 2 aliphatic carbocycles. The van der Waals surface area contributed by atoms with E-state index in [0.717, 1.165) is 30.8 Å². The van der Waals surface area contributed by atoms with Gasteiger partial charge in [-0.3, -0.25) is 9.98 Å². The molecule has 2 nitrogen and oxygen atoms in total. The van der Waals surface area contributed by atoms with Crippen molar-refractivity contribution in [3.8, 4) is 0 Å². The first kappa shape index (κ1) is 19.4. The number of rotatable bonds is 5. The molecule has 3 unspecified atom stereocenters. The van der Waals surface area contributed by atoms with Gasteiger partial charge in [-0.15, -0.1) is 0 Å². The van der Waals surface area contributed by atoms with Crippen LogP contribution in [-0.2, 0) is 0 Å². The zero-order chi connectivity index (χ0) is 16.7. The fourth-order valence-electron chi connectivity index (χ4n) is 3.48. The summed E-state index contributed by atoms with van der Waals surface area (Å²) in [5.74, 6) is 4.29. The highest BCUT2D eigenvalue weighted by Gasteiger charge is 2.38. The minimum atomic E-state index is 0.620. The molecule has 0 saturated heterocycles. The molecule has 3 atom stereocenters. The molecule has 0 aliphatic heterocycles. The van der Waals surface area contributed by atoms with Crippen molar-refractivity contribution in [2.24, 2.45) is 39.6 Å². The van der Waals surface area contributed by atoms with Gasteiger partial charge in [-0.1, -0.05) is 34.1 Å². The number of nitrogens with zero attached hydrogens (tertiary/aromatic N) is 2. The molecule has 0 heterocycles. The largest absolute Gasteiger partial charge is 0.294 e. The summed E-state index contributed by atoms with van der Waals surface area (Å²) in [6.07, 6.45) is 5.99. The van der Waals surface area contributed by atoms with Crippen molar-refractivity contribution in [1.82, 2.24) is 0 Å². The van der Waals surface area contributed by atoms with E-state index in [1.807, 2.05) is 0 Å². The zero-order valence-corrected chi connectivity index (χ0v) is 16.0. The van der Waals surface area contributed by atoms with E-state index in [-0.39, 0.29) is 0 Å². The fourth-order valence-corrected chi connectivity index (χ4v) is 3.48. The van der Waals surface area contributed by atoms with E-state index in [1.54, 1.807) is 0 Å². The highest BCUT2D eigenvalue weighted by molar-refractivity contribution is 5.84. The molecule has 0 aromatic rings. The molecule has 0 spiro atoms. The van der Waals surface area contributed by atoms with E-state index in [9.17, 15) is 0 Å². The Morgan fingerprint density at radius 2 is 1.50 bits per heavy atom. The highest BCUT2D eigenvalue weighted by Crippen LogP contribution is 2.48. The van der Waals surface area contributed by atoms with E-state index in [2.05, 4.69) is 53.5 Å². The third kappa shape index (κ3) is 6.22. The standard InChI is InChI=1S/C13H23N.C7H15N/c1-9(2)10(3)14-8-13-7-11-4-5-12(13)6-11;1-5-8-7(4)6(2)3/h9,11-13H,4-8H2,1-3H3;6H,5H2,1-4H3. The number of fused-ring (bicyclic) bond motifs is 2. The number of hydrogen-bond donors (Lipinski definition) is 0. The maximum absolute atomic E-state index is 4.74. The molecular weight excluding hydrogens is 268 g/mol. The maximum Gasteiger partial charge on any atom is 0.0419 e. The van der Waals surface area contributed by atoms with E-state index in [4.69, 9.17) is 4.99 Å². The average Bonchev–Trinajstić information content (AvgIpc) is 3.08. The highest BCUT2D eigenvalue weighted by atomic mass is 14.8. The third-order valence-corrected chi connectivity index (χ3v) is 5.54. The van der Waals surface area contributed by atoms with Crippen molar-refractivity contribution in [3.05, 3.63) is 0 Å². The van der Waals surface area contributed by atoms with Crippen molar-refractivity contribution in [1.29, 1.82) is 0 Å². The minimum Gasteiger partial charge on any atom is -0.294 e. The van der Waals surface area contributed by atoms with Gasteiger partial charge in [-0.2, -0.15) is 0 Å². The summed E-state index contributed by atoms with van der Waals surface area (Å²) in [6, 6.07) is 0. The quantitative estimate of drug-likeness (QED) is 0.585. The van der Waals surface area contributed by atoms with Gasteiger partial charge in [-0.25, -0.2) is 0 Å². The Morgan fingerprint density at radius 3 is 1.86 bits per heavy atom. The lowest BCUT2D eigenvalue weighted by atomic mass is 9.89. The van der Waals surface area contributed by atoms with Gasteiger partial charge < -0.3 is 0 Å². The van der Waals surface area contributed by atoms with Gasteiger partial charge in [-0.05, 0) is 69.6 Å². The summed E-state index contributed by atoms with van der Waals surface area (Å²) in [4.78, 5) is 8.98. The second kappa shape index (κ2) is 9.47. The fraction of sp³-hybridized carbons (Fsp3) is 0.900. The Morgan fingerprint density at radius 1 is 0.909 bits per heavy atom. The lowest BCUT2D eigenvalue weighted by Crippen LogP contribution is -2.15. The summed E-state index contributed by atoms with van der Waals surface area (Å²) in [7, 11) is 0. The van der Waals surface area contributed by atoms with E-state index in [1.165, 1.54) is 37.1 Å². The van der Waals surface area contributed by atoms with E-state index < -0.39 is 0 Å². The van der Waals surface area contributed by atoms with Gasteiger partial charge in [0.2, 0.25) is 0 Å². The molecular formula is C20H38N2. The Labute approximate surface area is 138 Å². The minimum absolute atomic E-state index is 0.620. The van der Waals surface area contributed by atoms with Crippen LogP contribution in [0.4, 0.5) is 0 Å². The van der Waals surface area contributed by atoms with Gasteiger partial charge in [0.15, 0.2) is 0 Å². The Balaban J connectivity index is 0.000000261. The van der Waals surface area contributed by atoms with E-state index in [0.29, 0.717) is 11.8 Å². The van der Waals surface area contributed by atoms with E-state index >= 15 is 0 Å². The lowest BCUT2D eigenvalue weighted by Gasteiger charge is -2.20. The molecule has 22 heavy (non-hydrogen) atoms. The second-order valence-electron chi connectivity index (χ2n) is 7.84. The Bertz CT molecular complexity index is 379. The molecule has 2 rings (SSSR count). The molecule has 0 radical (unpaired) electrons. The Hall–Kier alpha value is -0.660. The monoisotopic (exact) mass is 306 g/mol. The Kier molecular flexibility index (Phi) is 8.35. The molecule has 0 aromatic heterocycles. The van der Waals surface area contributed by atoms with Crippen molar-refractivity contribution >= 4 is 11.4 Å². The van der Waals surface area contributed by atoms with Crippen LogP contribution in [0.25, 0.3) is 0 Å².